The number of amides is 2. The monoisotopic (exact) mass is 295 g/mol. The number of carbonyl (C=O) groups excluding carboxylic acids is 1. The van der Waals surface area contributed by atoms with Gasteiger partial charge in [0.1, 0.15) is 0 Å². The quantitative estimate of drug-likeness (QED) is 0.835. The molecule has 0 bridgehead atoms. The molecule has 2 aliphatic heterocycles. The van der Waals surface area contributed by atoms with Crippen molar-refractivity contribution in [1.82, 2.24) is 9.80 Å². The van der Waals surface area contributed by atoms with Gasteiger partial charge in [0.15, 0.2) is 6.10 Å². The zero-order valence-corrected chi connectivity index (χ0v) is 12.0. The molecule has 2 saturated heterocycles. The van der Waals surface area contributed by atoms with E-state index in [-0.39, 0.29) is 18.4 Å². The molecule has 2 amide bonds. The summed E-state index contributed by atoms with van der Waals surface area (Å²) >= 11 is 0. The highest BCUT2D eigenvalue weighted by molar-refractivity contribution is 5.74. The van der Waals surface area contributed by atoms with E-state index in [2.05, 4.69) is 0 Å². The van der Waals surface area contributed by atoms with Gasteiger partial charge < -0.3 is 19.6 Å². The predicted molar refractivity (Wildman–Crippen MR) is 73.5 cm³/mol. The van der Waals surface area contributed by atoms with Gasteiger partial charge in [0.05, 0.1) is 19.2 Å². The van der Waals surface area contributed by atoms with Crippen LogP contribution in [0.5, 0.6) is 0 Å². The zero-order valence-electron chi connectivity index (χ0n) is 12.0. The minimum absolute atomic E-state index is 0.0569. The minimum Gasteiger partial charge on any atom is -0.481 e. The maximum Gasteiger partial charge on any atom is 0.320 e. The summed E-state index contributed by atoms with van der Waals surface area (Å²) in [5.41, 5.74) is 0. The summed E-state index contributed by atoms with van der Waals surface area (Å²) in [7, 11) is 0. The first kappa shape index (κ1) is 15.6. The van der Waals surface area contributed by atoms with Crippen LogP contribution in [-0.2, 0) is 9.53 Å². The number of urea groups is 1. The van der Waals surface area contributed by atoms with E-state index in [1.165, 1.54) is 0 Å². The number of rotatable bonds is 3. The van der Waals surface area contributed by atoms with Crippen LogP contribution in [0.1, 0.15) is 25.7 Å². The molecule has 7 nitrogen and oxygen atoms in total. The standard InChI is InChI=1S/C14H21N3O4/c15-8-12-10-17(6-7-21-12)14(20)16-5-1-2-11(9-16)3-4-13(18)19/h11-12H,1-7,9-10H2,(H,18,19). The van der Waals surface area contributed by atoms with Crippen LogP contribution in [0.2, 0.25) is 0 Å². The number of carboxylic acids is 1. The highest BCUT2D eigenvalue weighted by Gasteiger charge is 2.30. The van der Waals surface area contributed by atoms with Crippen molar-refractivity contribution in [2.24, 2.45) is 5.92 Å². The van der Waals surface area contributed by atoms with E-state index in [9.17, 15) is 9.59 Å². The molecule has 0 aliphatic carbocycles. The van der Waals surface area contributed by atoms with Crippen molar-refractivity contribution in [2.45, 2.75) is 31.8 Å². The number of morpholine rings is 1. The molecule has 21 heavy (non-hydrogen) atoms. The van der Waals surface area contributed by atoms with Gasteiger partial charge >= 0.3 is 12.0 Å². The molecule has 0 spiro atoms. The lowest BCUT2D eigenvalue weighted by Crippen LogP contribution is -2.52. The first-order valence-corrected chi connectivity index (χ1v) is 7.37. The molecule has 0 aromatic rings. The van der Waals surface area contributed by atoms with E-state index in [1.807, 2.05) is 6.07 Å². The number of ether oxygens (including phenoxy) is 1. The third-order valence-corrected chi connectivity index (χ3v) is 4.04. The van der Waals surface area contributed by atoms with Crippen LogP contribution in [0.25, 0.3) is 0 Å². The number of nitrogens with zero attached hydrogens (tertiary/aromatic N) is 3. The molecule has 0 saturated carbocycles. The van der Waals surface area contributed by atoms with E-state index in [4.69, 9.17) is 15.1 Å². The number of hydrogen-bond donors (Lipinski definition) is 1. The second-order valence-electron chi connectivity index (χ2n) is 5.60. The van der Waals surface area contributed by atoms with Crippen LogP contribution in [0.4, 0.5) is 4.79 Å². The molecule has 0 radical (unpaired) electrons. The van der Waals surface area contributed by atoms with Crippen LogP contribution in [0.15, 0.2) is 0 Å². The maximum atomic E-state index is 12.5. The molecule has 2 unspecified atom stereocenters. The Morgan fingerprint density at radius 2 is 2.05 bits per heavy atom. The Bertz CT molecular complexity index is 434. The van der Waals surface area contributed by atoms with Gasteiger partial charge in [-0.3, -0.25) is 4.79 Å². The molecule has 2 atom stereocenters. The summed E-state index contributed by atoms with van der Waals surface area (Å²) in [4.78, 5) is 26.6. The predicted octanol–water partition coefficient (Wildman–Crippen LogP) is 0.908. The van der Waals surface area contributed by atoms with Gasteiger partial charge in [0, 0.05) is 26.1 Å². The second-order valence-corrected chi connectivity index (χ2v) is 5.60. The summed E-state index contributed by atoms with van der Waals surface area (Å²) in [5.74, 6) is -0.532. The van der Waals surface area contributed by atoms with Crippen molar-refractivity contribution in [2.75, 3.05) is 32.8 Å². The van der Waals surface area contributed by atoms with Crippen LogP contribution < -0.4 is 0 Å². The number of aliphatic carboxylic acids is 1. The van der Waals surface area contributed by atoms with Crippen LogP contribution >= 0.6 is 0 Å². The van der Waals surface area contributed by atoms with Crippen molar-refractivity contribution in [3.05, 3.63) is 0 Å². The topological polar surface area (TPSA) is 93.9 Å². The molecule has 0 aromatic heterocycles. The van der Waals surface area contributed by atoms with Gasteiger partial charge in [0.2, 0.25) is 0 Å². The average Bonchev–Trinajstić information content (AvgIpc) is 2.52. The highest BCUT2D eigenvalue weighted by atomic mass is 16.5. The molecule has 2 fully saturated rings. The minimum atomic E-state index is -0.788. The first-order valence-electron chi connectivity index (χ1n) is 7.37. The first-order chi connectivity index (χ1) is 10.1. The van der Waals surface area contributed by atoms with Crippen molar-refractivity contribution in [3.63, 3.8) is 0 Å². The molecule has 7 heteroatoms. The van der Waals surface area contributed by atoms with E-state index in [1.54, 1.807) is 9.80 Å². The van der Waals surface area contributed by atoms with Crippen LogP contribution in [0, 0.1) is 17.2 Å². The number of carboxylic acid groups (broad SMARTS) is 1. The lowest BCUT2D eigenvalue weighted by atomic mass is 9.93. The van der Waals surface area contributed by atoms with E-state index >= 15 is 0 Å². The third kappa shape index (κ3) is 4.33. The van der Waals surface area contributed by atoms with Crippen molar-refractivity contribution < 1.29 is 19.4 Å². The molecular formula is C14H21N3O4. The largest absolute Gasteiger partial charge is 0.481 e. The van der Waals surface area contributed by atoms with Crippen molar-refractivity contribution >= 4 is 12.0 Å². The van der Waals surface area contributed by atoms with E-state index < -0.39 is 12.1 Å². The number of likely N-dealkylation sites (tertiary alicyclic amines) is 1. The molecule has 1 N–H and O–H groups in total. The Hall–Kier alpha value is -1.81. The number of piperidine rings is 1. The van der Waals surface area contributed by atoms with Crippen LogP contribution in [-0.4, -0.2) is 65.8 Å². The lowest BCUT2D eigenvalue weighted by Gasteiger charge is -2.38. The summed E-state index contributed by atoms with van der Waals surface area (Å²) in [6.07, 6.45) is 2.10. The fourth-order valence-electron chi connectivity index (χ4n) is 2.90. The Morgan fingerprint density at radius 3 is 2.76 bits per heavy atom. The zero-order chi connectivity index (χ0) is 15.2. The fourth-order valence-corrected chi connectivity index (χ4v) is 2.90. The smallest absolute Gasteiger partial charge is 0.320 e. The molecule has 0 aromatic carbocycles. The van der Waals surface area contributed by atoms with Gasteiger partial charge in [-0.05, 0) is 25.2 Å². The van der Waals surface area contributed by atoms with Gasteiger partial charge in [-0.1, -0.05) is 0 Å². The highest BCUT2D eigenvalue weighted by Crippen LogP contribution is 2.22. The fraction of sp³-hybridized carbons (Fsp3) is 0.786. The lowest BCUT2D eigenvalue weighted by molar-refractivity contribution is -0.137. The molecule has 2 heterocycles. The molecular weight excluding hydrogens is 274 g/mol. The van der Waals surface area contributed by atoms with Gasteiger partial charge in [-0.25, -0.2) is 4.79 Å². The third-order valence-electron chi connectivity index (χ3n) is 4.04. The van der Waals surface area contributed by atoms with E-state index in [0.717, 1.165) is 12.8 Å². The second kappa shape index (κ2) is 7.27. The Balaban J connectivity index is 1.86. The summed E-state index contributed by atoms with van der Waals surface area (Å²) < 4.78 is 5.24. The number of hydrogen-bond acceptors (Lipinski definition) is 4. The Morgan fingerprint density at radius 1 is 1.29 bits per heavy atom. The Labute approximate surface area is 124 Å². The van der Waals surface area contributed by atoms with E-state index in [0.29, 0.717) is 39.2 Å². The van der Waals surface area contributed by atoms with Gasteiger partial charge in [-0.2, -0.15) is 5.26 Å². The molecule has 2 aliphatic rings. The van der Waals surface area contributed by atoms with Crippen molar-refractivity contribution in [3.8, 4) is 6.07 Å². The van der Waals surface area contributed by atoms with Crippen LogP contribution in [0.3, 0.4) is 0 Å². The number of nitriles is 1. The SMILES string of the molecule is N#CC1CN(C(=O)N2CCCC(CCC(=O)O)C2)CCO1. The average molecular weight is 295 g/mol. The summed E-state index contributed by atoms with van der Waals surface area (Å²) in [5, 5.41) is 17.6. The normalized spacial score (nSPS) is 26.2. The van der Waals surface area contributed by atoms with Gasteiger partial charge in [-0.15, -0.1) is 0 Å². The molecule has 116 valence electrons. The Kier molecular flexibility index (Phi) is 5.39. The van der Waals surface area contributed by atoms with Gasteiger partial charge in [0.25, 0.3) is 0 Å². The number of carbonyl (C=O) groups is 2. The summed E-state index contributed by atoms with van der Waals surface area (Å²) in [6, 6.07) is 1.98. The maximum absolute atomic E-state index is 12.5. The van der Waals surface area contributed by atoms with Crippen molar-refractivity contribution in [1.29, 1.82) is 5.26 Å². The summed E-state index contributed by atoms with van der Waals surface area (Å²) in [6.45, 7) is 2.52. The molecule has 2 rings (SSSR count).